The number of thioether (sulfide) groups is 1. The van der Waals surface area contributed by atoms with Crippen LogP contribution in [0.5, 0.6) is 5.75 Å². The number of aromatic nitrogens is 4. The first kappa shape index (κ1) is 25.1. The molecule has 6 nitrogen and oxygen atoms in total. The Morgan fingerprint density at radius 1 is 0.939 bits per heavy atom. The Morgan fingerprint density at radius 2 is 1.76 bits per heavy atom. The predicted molar refractivity (Wildman–Crippen MR) is 136 cm³/mol. The molecule has 0 aliphatic heterocycles. The summed E-state index contributed by atoms with van der Waals surface area (Å²) in [4.78, 5) is 0. The standard InChI is InChI=1S/C24H24ClN5OS.ClH/c25-21-12-10-19(11-13-21)18-31-23-9-4-6-20(16-23)17-26-14-5-15-32-24-27-28-29-30(24)22-7-2-1-3-8-22;/h1-4,6-13,16,26H,5,14-15,17-18H2;1H. The van der Waals surface area contributed by atoms with Crippen molar-refractivity contribution in [3.63, 3.8) is 0 Å². The van der Waals surface area contributed by atoms with Crippen molar-refractivity contribution in [2.75, 3.05) is 12.3 Å². The molecule has 1 N–H and O–H groups in total. The summed E-state index contributed by atoms with van der Waals surface area (Å²) in [7, 11) is 0. The average Bonchev–Trinajstić information content (AvgIpc) is 3.30. The van der Waals surface area contributed by atoms with Crippen molar-refractivity contribution in [3.05, 3.63) is 95.0 Å². The van der Waals surface area contributed by atoms with Crippen LogP contribution < -0.4 is 10.1 Å². The molecule has 9 heteroatoms. The van der Waals surface area contributed by atoms with Crippen LogP contribution in [0.3, 0.4) is 0 Å². The first-order valence-corrected chi connectivity index (χ1v) is 11.8. The van der Waals surface area contributed by atoms with Gasteiger partial charge >= 0.3 is 0 Å². The number of nitrogens with one attached hydrogen (secondary N) is 1. The zero-order valence-corrected chi connectivity index (χ0v) is 20.3. The SMILES string of the molecule is Cl.Clc1ccc(COc2cccc(CNCCCSc3nnnn3-c3ccccc3)c2)cc1. The molecule has 0 saturated carbocycles. The molecular formula is C24H25Cl2N5OS. The summed E-state index contributed by atoms with van der Waals surface area (Å²) in [5.74, 6) is 1.80. The van der Waals surface area contributed by atoms with E-state index in [1.54, 1.807) is 16.4 Å². The van der Waals surface area contributed by atoms with E-state index in [4.69, 9.17) is 16.3 Å². The van der Waals surface area contributed by atoms with E-state index in [1.807, 2.05) is 66.7 Å². The molecule has 0 unspecified atom stereocenters. The number of benzene rings is 3. The maximum absolute atomic E-state index is 5.93. The number of nitrogens with zero attached hydrogens (tertiary/aromatic N) is 4. The third-order valence-electron chi connectivity index (χ3n) is 4.72. The third-order valence-corrected chi connectivity index (χ3v) is 5.97. The van der Waals surface area contributed by atoms with Crippen molar-refractivity contribution in [1.29, 1.82) is 0 Å². The zero-order valence-electron chi connectivity index (χ0n) is 17.9. The van der Waals surface area contributed by atoms with Crippen molar-refractivity contribution in [2.24, 2.45) is 0 Å². The lowest BCUT2D eigenvalue weighted by molar-refractivity contribution is 0.306. The molecular weight excluding hydrogens is 477 g/mol. The summed E-state index contributed by atoms with van der Waals surface area (Å²) < 4.78 is 7.68. The summed E-state index contributed by atoms with van der Waals surface area (Å²) in [6, 6.07) is 25.8. The molecule has 0 radical (unpaired) electrons. The fraction of sp³-hybridized carbons (Fsp3) is 0.208. The van der Waals surface area contributed by atoms with Crippen molar-refractivity contribution < 1.29 is 4.74 Å². The molecule has 0 aliphatic rings. The molecule has 0 amide bonds. The van der Waals surface area contributed by atoms with Crippen LogP contribution in [0.2, 0.25) is 5.02 Å². The summed E-state index contributed by atoms with van der Waals surface area (Å²) in [6.07, 6.45) is 1.01. The van der Waals surface area contributed by atoms with Gasteiger partial charge < -0.3 is 10.1 Å². The highest BCUT2D eigenvalue weighted by atomic mass is 35.5. The Balaban J connectivity index is 0.00000306. The predicted octanol–water partition coefficient (Wildman–Crippen LogP) is 5.59. The van der Waals surface area contributed by atoms with E-state index in [9.17, 15) is 0 Å². The highest BCUT2D eigenvalue weighted by Gasteiger charge is 2.08. The van der Waals surface area contributed by atoms with Gasteiger partial charge in [0.2, 0.25) is 5.16 Å². The van der Waals surface area contributed by atoms with Gasteiger partial charge in [0.15, 0.2) is 0 Å². The van der Waals surface area contributed by atoms with Crippen LogP contribution in [0.15, 0.2) is 84.0 Å². The van der Waals surface area contributed by atoms with E-state index in [-0.39, 0.29) is 12.4 Å². The fourth-order valence-electron chi connectivity index (χ4n) is 3.09. The topological polar surface area (TPSA) is 64.9 Å². The Hall–Kier alpha value is -2.58. The van der Waals surface area contributed by atoms with Crippen LogP contribution in [0.1, 0.15) is 17.5 Å². The second kappa shape index (κ2) is 13.2. The van der Waals surface area contributed by atoms with Gasteiger partial charge in [-0.15, -0.1) is 17.5 Å². The number of hydrogen-bond acceptors (Lipinski definition) is 6. The second-order valence-corrected chi connectivity index (χ2v) is 8.65. The van der Waals surface area contributed by atoms with Gasteiger partial charge in [-0.2, -0.15) is 4.68 Å². The second-order valence-electron chi connectivity index (χ2n) is 7.15. The lowest BCUT2D eigenvalue weighted by Gasteiger charge is -2.09. The highest BCUT2D eigenvalue weighted by Crippen LogP contribution is 2.19. The van der Waals surface area contributed by atoms with Crippen LogP contribution in [0.25, 0.3) is 5.69 Å². The van der Waals surface area contributed by atoms with Crippen LogP contribution >= 0.6 is 35.8 Å². The van der Waals surface area contributed by atoms with E-state index in [1.165, 1.54) is 5.56 Å². The summed E-state index contributed by atoms with van der Waals surface area (Å²) >= 11 is 7.59. The van der Waals surface area contributed by atoms with Gasteiger partial charge in [0.25, 0.3) is 0 Å². The van der Waals surface area contributed by atoms with Crippen molar-refractivity contribution >= 4 is 35.8 Å². The summed E-state index contributed by atoms with van der Waals surface area (Å²) in [5.41, 5.74) is 3.25. The lowest BCUT2D eigenvalue weighted by Crippen LogP contribution is -2.15. The number of halogens is 2. The van der Waals surface area contributed by atoms with E-state index in [0.29, 0.717) is 6.61 Å². The van der Waals surface area contributed by atoms with Gasteiger partial charge in [-0.1, -0.05) is 65.8 Å². The molecule has 0 spiro atoms. The van der Waals surface area contributed by atoms with Crippen LogP contribution in [-0.2, 0) is 13.2 Å². The van der Waals surface area contributed by atoms with Crippen molar-refractivity contribution in [3.8, 4) is 11.4 Å². The number of tetrazole rings is 1. The minimum atomic E-state index is 0. The smallest absolute Gasteiger partial charge is 0.214 e. The molecule has 0 bridgehead atoms. The molecule has 4 rings (SSSR count). The monoisotopic (exact) mass is 501 g/mol. The van der Waals surface area contributed by atoms with E-state index >= 15 is 0 Å². The van der Waals surface area contributed by atoms with Crippen molar-refractivity contribution in [2.45, 2.75) is 24.7 Å². The minimum absolute atomic E-state index is 0. The van der Waals surface area contributed by atoms with Gasteiger partial charge in [0.05, 0.1) is 5.69 Å². The van der Waals surface area contributed by atoms with E-state index in [2.05, 4.69) is 33.0 Å². The Labute approximate surface area is 209 Å². The van der Waals surface area contributed by atoms with Gasteiger partial charge in [0, 0.05) is 17.3 Å². The first-order valence-electron chi connectivity index (χ1n) is 10.4. The number of rotatable bonds is 11. The van der Waals surface area contributed by atoms with E-state index < -0.39 is 0 Å². The highest BCUT2D eigenvalue weighted by molar-refractivity contribution is 7.99. The summed E-state index contributed by atoms with van der Waals surface area (Å²) in [6.45, 7) is 2.23. The largest absolute Gasteiger partial charge is 0.489 e. The molecule has 0 saturated heterocycles. The van der Waals surface area contributed by atoms with Gasteiger partial charge in [-0.25, -0.2) is 0 Å². The quantitative estimate of drug-likeness (QED) is 0.213. The average molecular weight is 502 g/mol. The van der Waals surface area contributed by atoms with E-state index in [0.717, 1.165) is 52.4 Å². The van der Waals surface area contributed by atoms with Crippen molar-refractivity contribution in [1.82, 2.24) is 25.5 Å². The van der Waals surface area contributed by atoms with Crippen LogP contribution in [0.4, 0.5) is 0 Å². The molecule has 0 aliphatic carbocycles. The van der Waals surface area contributed by atoms with Crippen LogP contribution in [-0.4, -0.2) is 32.5 Å². The number of ether oxygens (including phenoxy) is 1. The first-order chi connectivity index (χ1) is 15.8. The number of hydrogen-bond donors (Lipinski definition) is 1. The Morgan fingerprint density at radius 3 is 2.58 bits per heavy atom. The molecule has 33 heavy (non-hydrogen) atoms. The molecule has 4 aromatic rings. The fourth-order valence-corrected chi connectivity index (χ4v) is 4.04. The Bertz CT molecular complexity index is 1110. The normalized spacial score (nSPS) is 10.6. The van der Waals surface area contributed by atoms with Crippen LogP contribution in [0, 0.1) is 0 Å². The Kier molecular flexibility index (Phi) is 10.0. The van der Waals surface area contributed by atoms with Gasteiger partial charge in [0.1, 0.15) is 12.4 Å². The maximum Gasteiger partial charge on any atom is 0.214 e. The minimum Gasteiger partial charge on any atom is -0.489 e. The molecule has 1 heterocycles. The number of para-hydroxylation sites is 1. The summed E-state index contributed by atoms with van der Waals surface area (Å²) in [5, 5.41) is 17.1. The maximum atomic E-state index is 5.93. The molecule has 0 fully saturated rings. The third kappa shape index (κ3) is 7.75. The van der Waals surface area contributed by atoms with Gasteiger partial charge in [-0.3, -0.25) is 0 Å². The molecule has 1 aromatic heterocycles. The molecule has 172 valence electrons. The zero-order chi connectivity index (χ0) is 22.0. The molecule has 3 aromatic carbocycles. The lowest BCUT2D eigenvalue weighted by atomic mass is 10.2. The molecule has 0 atom stereocenters. The van der Waals surface area contributed by atoms with Gasteiger partial charge in [-0.05, 0) is 70.9 Å².